The van der Waals surface area contributed by atoms with Crippen LogP contribution < -0.4 is 0 Å². The number of fused-ring (bicyclic) bond motifs is 3. The third kappa shape index (κ3) is 2.46. The van der Waals surface area contributed by atoms with Crippen molar-refractivity contribution in [1.29, 1.82) is 0 Å². The van der Waals surface area contributed by atoms with Gasteiger partial charge >= 0.3 is 0 Å². The lowest BCUT2D eigenvalue weighted by atomic mass is 9.99. The molecule has 0 radical (unpaired) electrons. The third-order valence-electron chi connectivity index (χ3n) is 4.43. The highest BCUT2D eigenvalue weighted by molar-refractivity contribution is 9.10. The standard InChI is InChI=1S/C13H21BrN4O/c1-9-13(14)10(16(2)15-9)7-12(19)11-8-17-3-5-18(11)6-4-17/h11-12,19H,3-8H2,1-2H3. The number of hydrogen-bond donors (Lipinski definition) is 1. The van der Waals surface area contributed by atoms with Crippen LogP contribution in [0.4, 0.5) is 0 Å². The number of piperazine rings is 3. The molecule has 2 bridgehead atoms. The molecule has 1 aromatic rings. The summed E-state index contributed by atoms with van der Waals surface area (Å²) in [4.78, 5) is 4.89. The molecule has 3 saturated heterocycles. The first-order valence-electron chi connectivity index (χ1n) is 6.88. The molecule has 19 heavy (non-hydrogen) atoms. The second kappa shape index (κ2) is 5.16. The van der Waals surface area contributed by atoms with Gasteiger partial charge in [0.15, 0.2) is 0 Å². The molecule has 5 nitrogen and oxygen atoms in total. The van der Waals surface area contributed by atoms with Crippen molar-refractivity contribution in [1.82, 2.24) is 19.6 Å². The molecule has 3 fully saturated rings. The van der Waals surface area contributed by atoms with Crippen LogP contribution in [0.3, 0.4) is 0 Å². The zero-order valence-corrected chi connectivity index (χ0v) is 13.1. The molecule has 1 N–H and O–H groups in total. The number of nitrogens with zero attached hydrogens (tertiary/aromatic N) is 4. The first kappa shape index (κ1) is 13.5. The molecule has 106 valence electrons. The SMILES string of the molecule is Cc1nn(C)c(CC(O)C2CN3CCN2CC3)c1Br. The van der Waals surface area contributed by atoms with E-state index in [9.17, 15) is 5.11 Å². The first-order valence-corrected chi connectivity index (χ1v) is 7.68. The lowest BCUT2D eigenvalue weighted by Gasteiger charge is -2.49. The molecular formula is C13H21BrN4O. The van der Waals surface area contributed by atoms with E-state index in [2.05, 4.69) is 30.8 Å². The number of halogens is 1. The van der Waals surface area contributed by atoms with Crippen molar-refractivity contribution in [2.45, 2.75) is 25.5 Å². The zero-order chi connectivity index (χ0) is 13.6. The van der Waals surface area contributed by atoms with Gasteiger partial charge < -0.3 is 5.11 Å². The van der Waals surface area contributed by atoms with Crippen LogP contribution in [0, 0.1) is 6.92 Å². The molecule has 3 aliphatic rings. The summed E-state index contributed by atoms with van der Waals surface area (Å²) in [5, 5.41) is 15.0. The molecule has 0 amide bonds. The fourth-order valence-electron chi connectivity index (χ4n) is 3.26. The Hall–Kier alpha value is -0.430. The van der Waals surface area contributed by atoms with E-state index in [-0.39, 0.29) is 12.1 Å². The molecule has 4 heterocycles. The van der Waals surface area contributed by atoms with E-state index in [1.54, 1.807) is 0 Å². The second-order valence-electron chi connectivity index (χ2n) is 5.65. The van der Waals surface area contributed by atoms with Gasteiger partial charge in [-0.3, -0.25) is 14.5 Å². The minimum absolute atomic E-state index is 0.268. The molecule has 4 rings (SSSR count). The Labute approximate surface area is 122 Å². The number of aliphatic hydroxyl groups excluding tert-OH is 1. The molecule has 0 saturated carbocycles. The van der Waals surface area contributed by atoms with Crippen molar-refractivity contribution in [3.63, 3.8) is 0 Å². The minimum Gasteiger partial charge on any atom is -0.391 e. The number of aliphatic hydroxyl groups is 1. The largest absolute Gasteiger partial charge is 0.391 e. The summed E-state index contributed by atoms with van der Waals surface area (Å²) >= 11 is 3.58. The first-order chi connectivity index (χ1) is 9.06. The highest BCUT2D eigenvalue weighted by atomic mass is 79.9. The number of aryl methyl sites for hydroxylation is 2. The topological polar surface area (TPSA) is 44.5 Å². The van der Waals surface area contributed by atoms with Gasteiger partial charge in [0.25, 0.3) is 0 Å². The lowest BCUT2D eigenvalue weighted by molar-refractivity contribution is -0.0458. The van der Waals surface area contributed by atoms with Gasteiger partial charge in [0.2, 0.25) is 0 Å². The normalized spacial score (nSPS) is 31.7. The molecule has 3 aliphatic heterocycles. The van der Waals surface area contributed by atoms with Crippen molar-refractivity contribution < 1.29 is 5.11 Å². The zero-order valence-electron chi connectivity index (χ0n) is 11.5. The van der Waals surface area contributed by atoms with Gasteiger partial charge in [0.1, 0.15) is 0 Å². The van der Waals surface area contributed by atoms with Gasteiger partial charge in [0, 0.05) is 52.2 Å². The molecule has 0 spiro atoms. The van der Waals surface area contributed by atoms with E-state index >= 15 is 0 Å². The van der Waals surface area contributed by atoms with Crippen LogP contribution in [0.1, 0.15) is 11.4 Å². The van der Waals surface area contributed by atoms with Crippen molar-refractivity contribution >= 4 is 15.9 Å². The summed E-state index contributed by atoms with van der Waals surface area (Å²) in [5.74, 6) is 0. The molecule has 2 atom stereocenters. The van der Waals surface area contributed by atoms with Crippen LogP contribution in [-0.4, -0.2) is 69.6 Å². The molecule has 6 heteroatoms. The van der Waals surface area contributed by atoms with Gasteiger partial charge in [-0.25, -0.2) is 0 Å². The van der Waals surface area contributed by atoms with Crippen LogP contribution in [0.5, 0.6) is 0 Å². The van der Waals surface area contributed by atoms with Crippen molar-refractivity contribution in [2.24, 2.45) is 7.05 Å². The molecule has 1 aromatic heterocycles. The summed E-state index contributed by atoms with van der Waals surface area (Å²) < 4.78 is 2.91. The maximum absolute atomic E-state index is 10.6. The maximum Gasteiger partial charge on any atom is 0.0763 e. The van der Waals surface area contributed by atoms with Crippen LogP contribution >= 0.6 is 15.9 Å². The van der Waals surface area contributed by atoms with Crippen LogP contribution in [0.25, 0.3) is 0 Å². The van der Waals surface area contributed by atoms with Gasteiger partial charge in [0.05, 0.1) is 22.0 Å². The fraction of sp³-hybridized carbons (Fsp3) is 0.769. The van der Waals surface area contributed by atoms with E-state index in [1.165, 1.54) is 0 Å². The quantitative estimate of drug-likeness (QED) is 0.872. The number of aromatic nitrogens is 2. The van der Waals surface area contributed by atoms with Crippen LogP contribution in [0.2, 0.25) is 0 Å². The Kier molecular flexibility index (Phi) is 3.68. The Balaban J connectivity index is 1.73. The summed E-state index contributed by atoms with van der Waals surface area (Å²) in [7, 11) is 1.94. The second-order valence-corrected chi connectivity index (χ2v) is 6.44. The summed E-state index contributed by atoms with van der Waals surface area (Å²) in [6, 6.07) is 0.268. The Bertz CT molecular complexity index is 467. The van der Waals surface area contributed by atoms with E-state index < -0.39 is 0 Å². The average molecular weight is 329 g/mol. The van der Waals surface area contributed by atoms with Crippen molar-refractivity contribution in [2.75, 3.05) is 32.7 Å². The summed E-state index contributed by atoms with van der Waals surface area (Å²) in [5.41, 5.74) is 2.07. The van der Waals surface area contributed by atoms with Crippen molar-refractivity contribution in [3.8, 4) is 0 Å². The highest BCUT2D eigenvalue weighted by Crippen LogP contribution is 2.25. The van der Waals surface area contributed by atoms with Gasteiger partial charge in [-0.1, -0.05) is 0 Å². The fourth-order valence-corrected chi connectivity index (χ4v) is 3.76. The summed E-state index contributed by atoms with van der Waals surface area (Å²) in [6.45, 7) is 7.46. The molecule has 2 unspecified atom stereocenters. The Morgan fingerprint density at radius 1 is 1.37 bits per heavy atom. The van der Waals surface area contributed by atoms with Crippen LogP contribution in [-0.2, 0) is 13.5 Å². The Morgan fingerprint density at radius 2 is 2.05 bits per heavy atom. The minimum atomic E-state index is -0.325. The number of hydrogen-bond acceptors (Lipinski definition) is 4. The average Bonchev–Trinajstić information content (AvgIpc) is 2.66. The maximum atomic E-state index is 10.6. The van der Waals surface area contributed by atoms with Crippen molar-refractivity contribution in [3.05, 3.63) is 15.9 Å². The smallest absolute Gasteiger partial charge is 0.0763 e. The number of rotatable bonds is 3. The van der Waals surface area contributed by atoms with E-state index in [1.807, 2.05) is 18.7 Å². The third-order valence-corrected chi connectivity index (χ3v) is 5.46. The van der Waals surface area contributed by atoms with Gasteiger partial charge in [-0.2, -0.15) is 5.10 Å². The predicted molar refractivity (Wildman–Crippen MR) is 77.2 cm³/mol. The lowest BCUT2D eigenvalue weighted by Crippen LogP contribution is -2.64. The molecule has 0 aliphatic carbocycles. The van der Waals surface area contributed by atoms with Gasteiger partial charge in [-0.05, 0) is 22.9 Å². The summed E-state index contributed by atoms with van der Waals surface area (Å²) in [6.07, 6.45) is 0.335. The molecular weight excluding hydrogens is 308 g/mol. The predicted octanol–water partition coefficient (Wildman–Crippen LogP) is 0.394. The van der Waals surface area contributed by atoms with E-state index in [0.29, 0.717) is 6.42 Å². The van der Waals surface area contributed by atoms with E-state index in [0.717, 1.165) is 48.6 Å². The van der Waals surface area contributed by atoms with E-state index in [4.69, 9.17) is 0 Å². The van der Waals surface area contributed by atoms with Gasteiger partial charge in [-0.15, -0.1) is 0 Å². The van der Waals surface area contributed by atoms with Crippen LogP contribution in [0.15, 0.2) is 4.47 Å². The highest BCUT2D eigenvalue weighted by Gasteiger charge is 2.36. The molecule has 0 aromatic carbocycles. The monoisotopic (exact) mass is 328 g/mol. The Morgan fingerprint density at radius 3 is 2.53 bits per heavy atom.